The molecule has 3 heterocycles. The molecular formula is C33H28ClF3N4O4. The van der Waals surface area contributed by atoms with Gasteiger partial charge in [-0.25, -0.2) is 0 Å². The third kappa shape index (κ3) is 6.26. The van der Waals surface area contributed by atoms with E-state index in [-0.39, 0.29) is 34.2 Å². The van der Waals surface area contributed by atoms with Gasteiger partial charge in [0.05, 0.1) is 29.1 Å². The highest BCUT2D eigenvalue weighted by Crippen LogP contribution is 2.40. The first-order valence-corrected chi connectivity index (χ1v) is 14.6. The van der Waals surface area contributed by atoms with Gasteiger partial charge in [0.2, 0.25) is 0 Å². The Kier molecular flexibility index (Phi) is 8.05. The van der Waals surface area contributed by atoms with Crippen LogP contribution < -0.4 is 25.8 Å². The highest BCUT2D eigenvalue weighted by atomic mass is 35.5. The van der Waals surface area contributed by atoms with Crippen molar-refractivity contribution >= 4 is 40.5 Å². The molecule has 2 bridgehead atoms. The molecule has 45 heavy (non-hydrogen) atoms. The Morgan fingerprint density at radius 1 is 0.889 bits per heavy atom. The minimum atomic E-state index is -4.62. The Balaban J connectivity index is 1.33. The summed E-state index contributed by atoms with van der Waals surface area (Å²) in [5.74, 6) is -0.582. The molecule has 3 aromatic carbocycles. The van der Waals surface area contributed by atoms with E-state index >= 15 is 0 Å². The second-order valence-electron chi connectivity index (χ2n) is 11.2. The number of alkyl halides is 3. The predicted octanol–water partition coefficient (Wildman–Crippen LogP) is 6.66. The number of halogens is 4. The van der Waals surface area contributed by atoms with E-state index in [0.717, 1.165) is 24.2 Å². The van der Waals surface area contributed by atoms with Gasteiger partial charge in [0, 0.05) is 54.1 Å². The number of carbonyl (C=O) groups is 2. The van der Waals surface area contributed by atoms with Gasteiger partial charge in [-0.2, -0.15) is 13.2 Å². The van der Waals surface area contributed by atoms with Crippen LogP contribution in [-0.2, 0) is 12.7 Å². The Morgan fingerprint density at radius 3 is 2.40 bits per heavy atom. The Bertz CT molecular complexity index is 1860. The quantitative estimate of drug-likeness (QED) is 0.247. The lowest BCUT2D eigenvalue weighted by Gasteiger charge is -2.44. The summed E-state index contributed by atoms with van der Waals surface area (Å²) in [6.45, 7) is 1.68. The molecule has 12 heteroatoms. The number of hydrogen-bond acceptors (Lipinski definition) is 5. The molecule has 8 nitrogen and oxygen atoms in total. The molecule has 232 valence electrons. The number of piperidine rings is 1. The van der Waals surface area contributed by atoms with E-state index in [1.807, 2.05) is 10.6 Å². The Labute approximate surface area is 261 Å². The highest BCUT2D eigenvalue weighted by molar-refractivity contribution is 6.32. The number of benzene rings is 3. The van der Waals surface area contributed by atoms with Crippen molar-refractivity contribution in [1.82, 2.24) is 4.57 Å². The highest BCUT2D eigenvalue weighted by Gasteiger charge is 2.36. The average Bonchev–Trinajstić information content (AvgIpc) is 3.01. The van der Waals surface area contributed by atoms with E-state index in [2.05, 4.69) is 15.5 Å². The molecule has 1 saturated heterocycles. The van der Waals surface area contributed by atoms with Crippen molar-refractivity contribution in [1.29, 1.82) is 0 Å². The summed E-state index contributed by atoms with van der Waals surface area (Å²) in [6.07, 6.45) is -3.72. The lowest BCUT2D eigenvalue weighted by atomic mass is 9.83. The molecule has 0 saturated carbocycles. The molecule has 2 aliphatic rings. The van der Waals surface area contributed by atoms with Gasteiger partial charge < -0.3 is 24.8 Å². The summed E-state index contributed by atoms with van der Waals surface area (Å²) in [5.41, 5.74) is 1.28. The fourth-order valence-corrected chi connectivity index (χ4v) is 6.38. The molecule has 4 aromatic rings. The number of methoxy groups -OCH3 is 1. The van der Waals surface area contributed by atoms with Crippen LogP contribution in [0.2, 0.25) is 5.02 Å². The number of hydrogen-bond donors (Lipinski definition) is 2. The van der Waals surface area contributed by atoms with Crippen LogP contribution in [-0.4, -0.2) is 36.6 Å². The minimum absolute atomic E-state index is 0.0433. The first-order chi connectivity index (χ1) is 21.5. The number of aromatic nitrogens is 1. The van der Waals surface area contributed by atoms with Gasteiger partial charge in [-0.1, -0.05) is 23.7 Å². The summed E-state index contributed by atoms with van der Waals surface area (Å²) in [4.78, 5) is 41.2. The zero-order chi connectivity index (χ0) is 31.9. The number of nitrogens with zero attached hydrogens (tertiary/aromatic N) is 2. The molecule has 2 aliphatic heterocycles. The van der Waals surface area contributed by atoms with Crippen molar-refractivity contribution in [3.05, 3.63) is 117 Å². The van der Waals surface area contributed by atoms with Gasteiger partial charge >= 0.3 is 6.18 Å². The standard InChI is InChI=1S/C33H28ClF3N4O4/c1-45-29-11-9-24(15-25(29)34)38-31(43)21-8-10-28(26(14-21)39-32(44)20-4-2-5-23(13-20)33(35,36)37)40-16-19-12-22(18-40)27-6-3-7-30(42)41(27)17-19/h2-11,13-15,19,22H,12,16-18H2,1H3,(H,38,43)(H,39,44). The van der Waals surface area contributed by atoms with E-state index in [9.17, 15) is 27.6 Å². The fourth-order valence-electron chi connectivity index (χ4n) is 6.12. The fraction of sp³-hybridized carbons (Fsp3) is 0.242. The first kappa shape index (κ1) is 30.3. The molecular weight excluding hydrogens is 609 g/mol. The van der Waals surface area contributed by atoms with E-state index in [1.54, 1.807) is 42.5 Å². The summed E-state index contributed by atoms with van der Waals surface area (Å²) >= 11 is 6.21. The van der Waals surface area contributed by atoms with Crippen LogP contribution in [0.25, 0.3) is 0 Å². The van der Waals surface area contributed by atoms with Gasteiger partial charge in [-0.3, -0.25) is 14.4 Å². The minimum Gasteiger partial charge on any atom is -0.495 e. The Hall–Kier alpha value is -4.77. The first-order valence-electron chi connectivity index (χ1n) is 14.2. The van der Waals surface area contributed by atoms with Gasteiger partial charge in [-0.05, 0) is 73.0 Å². The summed E-state index contributed by atoms with van der Waals surface area (Å²) < 4.78 is 47.1. The van der Waals surface area contributed by atoms with Crippen LogP contribution in [0.1, 0.15) is 44.3 Å². The normalized spacial score (nSPS) is 17.3. The molecule has 0 aliphatic carbocycles. The van der Waals surface area contributed by atoms with Gasteiger partial charge in [0.25, 0.3) is 17.4 Å². The summed E-state index contributed by atoms with van der Waals surface area (Å²) in [7, 11) is 1.48. The van der Waals surface area contributed by atoms with Crippen LogP contribution >= 0.6 is 11.6 Å². The van der Waals surface area contributed by atoms with Gasteiger partial charge in [0.15, 0.2) is 0 Å². The van der Waals surface area contributed by atoms with Crippen LogP contribution in [0.15, 0.2) is 83.7 Å². The van der Waals surface area contributed by atoms with E-state index in [4.69, 9.17) is 16.3 Å². The molecule has 1 aromatic heterocycles. The second-order valence-corrected chi connectivity index (χ2v) is 11.6. The molecule has 1 fully saturated rings. The smallest absolute Gasteiger partial charge is 0.416 e. The number of rotatable bonds is 6. The lowest BCUT2D eigenvalue weighted by molar-refractivity contribution is -0.137. The molecule has 0 radical (unpaired) electrons. The van der Waals surface area contributed by atoms with Crippen molar-refractivity contribution in [2.75, 3.05) is 35.7 Å². The third-order valence-corrected chi connectivity index (χ3v) is 8.48. The maximum atomic E-state index is 13.4. The van der Waals surface area contributed by atoms with Crippen molar-refractivity contribution < 1.29 is 27.5 Å². The second kappa shape index (κ2) is 12.0. The van der Waals surface area contributed by atoms with Crippen LogP contribution in [0, 0.1) is 5.92 Å². The van der Waals surface area contributed by atoms with Crippen molar-refractivity contribution in [3.8, 4) is 5.75 Å². The van der Waals surface area contributed by atoms with Crippen LogP contribution in [0.5, 0.6) is 5.75 Å². The summed E-state index contributed by atoms with van der Waals surface area (Å²) in [6, 6.07) is 19.0. The van der Waals surface area contributed by atoms with Crippen LogP contribution in [0.3, 0.4) is 0 Å². The Morgan fingerprint density at radius 2 is 1.64 bits per heavy atom. The molecule has 2 unspecified atom stereocenters. The van der Waals surface area contributed by atoms with Crippen molar-refractivity contribution in [2.24, 2.45) is 5.92 Å². The zero-order valence-electron chi connectivity index (χ0n) is 24.0. The number of carbonyl (C=O) groups excluding carboxylic acids is 2. The van der Waals surface area contributed by atoms with Gasteiger partial charge in [-0.15, -0.1) is 0 Å². The topological polar surface area (TPSA) is 92.7 Å². The van der Waals surface area contributed by atoms with Gasteiger partial charge in [0.1, 0.15) is 5.75 Å². The van der Waals surface area contributed by atoms with Crippen molar-refractivity contribution in [3.63, 3.8) is 0 Å². The molecule has 6 rings (SSSR count). The SMILES string of the molecule is COc1ccc(NC(=O)c2ccc(N3CC4CC(C3)c3cccc(=O)n3C4)c(NC(=O)c3cccc(C(F)(F)F)c3)c2)cc1Cl. The maximum absolute atomic E-state index is 13.4. The zero-order valence-corrected chi connectivity index (χ0v) is 24.8. The molecule has 2 atom stereocenters. The maximum Gasteiger partial charge on any atom is 0.416 e. The molecule has 2 N–H and O–H groups in total. The average molecular weight is 637 g/mol. The monoisotopic (exact) mass is 636 g/mol. The predicted molar refractivity (Wildman–Crippen MR) is 166 cm³/mol. The summed E-state index contributed by atoms with van der Waals surface area (Å²) in [5, 5.41) is 5.84. The van der Waals surface area contributed by atoms with Crippen LogP contribution in [0.4, 0.5) is 30.2 Å². The number of anilines is 3. The largest absolute Gasteiger partial charge is 0.495 e. The number of pyridine rings is 1. The molecule has 2 amide bonds. The number of ether oxygens (including phenoxy) is 1. The van der Waals surface area contributed by atoms with E-state index < -0.39 is 23.6 Å². The van der Waals surface area contributed by atoms with E-state index in [0.29, 0.717) is 41.8 Å². The number of nitrogens with one attached hydrogen (secondary N) is 2. The van der Waals surface area contributed by atoms with E-state index in [1.165, 1.54) is 25.3 Å². The molecule has 0 spiro atoms. The number of fused-ring (bicyclic) bond motifs is 4. The number of amides is 2. The third-order valence-electron chi connectivity index (χ3n) is 8.19. The van der Waals surface area contributed by atoms with Crippen molar-refractivity contribution in [2.45, 2.75) is 25.1 Å². The lowest BCUT2D eigenvalue weighted by Crippen LogP contribution is -2.47.